The third-order valence-corrected chi connectivity index (χ3v) is 3.84. The van der Waals surface area contributed by atoms with Gasteiger partial charge in [0.2, 0.25) is 0 Å². The van der Waals surface area contributed by atoms with Crippen LogP contribution < -0.4 is 5.43 Å². The van der Waals surface area contributed by atoms with Crippen molar-refractivity contribution in [3.05, 3.63) is 16.7 Å². The Kier molecular flexibility index (Phi) is 5.63. The molecule has 1 aliphatic heterocycles. The van der Waals surface area contributed by atoms with Gasteiger partial charge in [0.25, 0.3) is 0 Å². The van der Waals surface area contributed by atoms with Crippen molar-refractivity contribution in [1.82, 2.24) is 25.3 Å². The quantitative estimate of drug-likeness (QED) is 0.835. The van der Waals surface area contributed by atoms with Gasteiger partial charge in [-0.1, -0.05) is 24.9 Å². The van der Waals surface area contributed by atoms with Gasteiger partial charge in [0.1, 0.15) is 5.82 Å². The highest BCUT2D eigenvalue weighted by atomic mass is 35.5. The predicted octanol–water partition coefficient (Wildman–Crippen LogP) is 1.66. The number of aromatic nitrogens is 2. The summed E-state index contributed by atoms with van der Waals surface area (Å²) in [6.07, 6.45) is 3.30. The number of hydrogen-bond donors (Lipinski definition) is 2. The molecule has 19 heavy (non-hydrogen) atoms. The minimum atomic E-state index is 0.604. The first-order chi connectivity index (χ1) is 9.19. The number of hydrogen-bond acceptors (Lipinski definition) is 4. The fourth-order valence-electron chi connectivity index (χ4n) is 2.17. The maximum Gasteiger partial charge on any atom is 0.151 e. The summed E-state index contributed by atoms with van der Waals surface area (Å²) in [5.74, 6) is 1.00. The lowest BCUT2D eigenvalue weighted by Crippen LogP contribution is -2.50. The molecular formula is C13H24ClN5. The van der Waals surface area contributed by atoms with Crippen molar-refractivity contribution in [2.24, 2.45) is 0 Å². The summed E-state index contributed by atoms with van der Waals surface area (Å²) in [6.45, 7) is 7.20. The molecule has 1 aromatic heterocycles. The smallest absolute Gasteiger partial charge is 0.151 e. The summed E-state index contributed by atoms with van der Waals surface area (Å²) >= 11 is 6.16. The van der Waals surface area contributed by atoms with Crippen molar-refractivity contribution in [1.29, 1.82) is 0 Å². The zero-order chi connectivity index (χ0) is 13.7. The molecule has 2 heterocycles. The third kappa shape index (κ3) is 4.45. The Balaban J connectivity index is 1.80. The van der Waals surface area contributed by atoms with E-state index in [-0.39, 0.29) is 0 Å². The van der Waals surface area contributed by atoms with E-state index < -0.39 is 0 Å². The van der Waals surface area contributed by atoms with Gasteiger partial charge in [0.05, 0.1) is 12.2 Å². The highest BCUT2D eigenvalue weighted by Gasteiger charge is 2.14. The zero-order valence-corrected chi connectivity index (χ0v) is 12.6. The Morgan fingerprint density at radius 3 is 2.74 bits per heavy atom. The molecule has 1 aliphatic rings. The van der Waals surface area contributed by atoms with E-state index in [9.17, 15) is 0 Å². The summed E-state index contributed by atoms with van der Waals surface area (Å²) in [5.41, 5.74) is 4.41. The molecule has 0 aliphatic carbocycles. The van der Waals surface area contributed by atoms with Gasteiger partial charge in [-0.3, -0.25) is 0 Å². The highest BCUT2D eigenvalue weighted by Crippen LogP contribution is 2.14. The first-order valence-corrected chi connectivity index (χ1v) is 7.47. The van der Waals surface area contributed by atoms with Gasteiger partial charge in [0, 0.05) is 32.6 Å². The number of nitrogens with zero attached hydrogens (tertiary/aromatic N) is 3. The summed E-state index contributed by atoms with van der Waals surface area (Å²) < 4.78 is 0. The molecule has 2 N–H and O–H groups in total. The first-order valence-electron chi connectivity index (χ1n) is 7.09. The molecule has 0 amide bonds. The lowest BCUT2D eigenvalue weighted by atomic mass is 10.2. The number of unbranched alkanes of at least 4 members (excludes halogenated alkanes) is 1. The van der Waals surface area contributed by atoms with Crippen molar-refractivity contribution < 1.29 is 0 Å². The average molecular weight is 286 g/mol. The number of aryl methyl sites for hydroxylation is 1. The van der Waals surface area contributed by atoms with Gasteiger partial charge in [-0.05, 0) is 13.5 Å². The fraction of sp³-hybridized carbons (Fsp3) is 0.769. The number of nitrogens with one attached hydrogen (secondary N) is 2. The number of piperazine rings is 1. The molecule has 1 aromatic rings. The Bertz CT molecular complexity index is 384. The lowest BCUT2D eigenvalue weighted by molar-refractivity contribution is 0.102. The van der Waals surface area contributed by atoms with Crippen LogP contribution in [0.5, 0.6) is 0 Å². The summed E-state index contributed by atoms with van der Waals surface area (Å²) in [6, 6.07) is 0. The van der Waals surface area contributed by atoms with E-state index in [0.29, 0.717) is 5.15 Å². The van der Waals surface area contributed by atoms with Crippen LogP contribution in [0.25, 0.3) is 0 Å². The Morgan fingerprint density at radius 1 is 1.32 bits per heavy atom. The number of imidazole rings is 1. The predicted molar refractivity (Wildman–Crippen MR) is 78.1 cm³/mol. The van der Waals surface area contributed by atoms with Gasteiger partial charge in [-0.15, -0.1) is 0 Å². The largest absolute Gasteiger partial charge is 0.343 e. The molecule has 1 fully saturated rings. The van der Waals surface area contributed by atoms with Crippen molar-refractivity contribution in [2.75, 3.05) is 33.2 Å². The lowest BCUT2D eigenvalue weighted by Gasteiger charge is -2.32. The van der Waals surface area contributed by atoms with E-state index in [1.807, 2.05) is 0 Å². The third-order valence-electron chi connectivity index (χ3n) is 3.53. The van der Waals surface area contributed by atoms with Gasteiger partial charge in [-0.25, -0.2) is 15.4 Å². The van der Waals surface area contributed by atoms with Crippen molar-refractivity contribution >= 4 is 11.6 Å². The maximum atomic E-state index is 6.16. The van der Waals surface area contributed by atoms with Crippen LogP contribution in [-0.2, 0) is 13.0 Å². The number of hydrazine groups is 1. The zero-order valence-electron chi connectivity index (χ0n) is 11.9. The SMILES string of the molecule is CCCCc1nc(Cl)c(CNN2CCN(C)CC2)[nH]1. The summed E-state index contributed by atoms with van der Waals surface area (Å²) in [7, 11) is 2.16. The summed E-state index contributed by atoms with van der Waals surface area (Å²) in [5, 5.41) is 2.86. The van der Waals surface area contributed by atoms with Crippen molar-refractivity contribution in [3.8, 4) is 0 Å². The highest BCUT2D eigenvalue weighted by molar-refractivity contribution is 6.30. The molecule has 0 aromatic carbocycles. The van der Waals surface area contributed by atoms with Crippen LogP contribution in [-0.4, -0.2) is 53.1 Å². The molecule has 0 unspecified atom stereocenters. The first kappa shape index (κ1) is 14.8. The standard InChI is InChI=1S/C13H24ClN5/c1-3-4-5-12-16-11(13(14)17-12)10-15-19-8-6-18(2)7-9-19/h15H,3-10H2,1-2H3,(H,16,17). The molecule has 0 radical (unpaired) electrons. The van der Waals surface area contributed by atoms with E-state index in [4.69, 9.17) is 11.6 Å². The molecule has 0 atom stereocenters. The molecule has 1 saturated heterocycles. The van der Waals surface area contributed by atoms with E-state index in [1.165, 1.54) is 6.42 Å². The van der Waals surface area contributed by atoms with Gasteiger partial charge in [0.15, 0.2) is 5.15 Å². The molecule has 0 spiro atoms. The monoisotopic (exact) mass is 285 g/mol. The van der Waals surface area contributed by atoms with Crippen LogP contribution in [0.1, 0.15) is 31.3 Å². The maximum absolute atomic E-state index is 6.16. The Morgan fingerprint density at radius 2 is 2.05 bits per heavy atom. The van der Waals surface area contributed by atoms with Gasteiger partial charge in [-0.2, -0.15) is 0 Å². The molecule has 5 nitrogen and oxygen atoms in total. The summed E-state index contributed by atoms with van der Waals surface area (Å²) in [4.78, 5) is 10.0. The Labute approximate surface area is 120 Å². The van der Waals surface area contributed by atoms with E-state index in [2.05, 4.69) is 39.3 Å². The molecule has 108 valence electrons. The van der Waals surface area contributed by atoms with Crippen LogP contribution in [0, 0.1) is 0 Å². The van der Waals surface area contributed by atoms with Crippen LogP contribution in [0.15, 0.2) is 0 Å². The number of likely N-dealkylation sites (N-methyl/N-ethyl adjacent to an activating group) is 1. The number of aromatic amines is 1. The normalized spacial score (nSPS) is 18.1. The second-order valence-electron chi connectivity index (χ2n) is 5.18. The number of rotatable bonds is 6. The van der Waals surface area contributed by atoms with E-state index in [0.717, 1.165) is 57.1 Å². The molecular weight excluding hydrogens is 262 g/mol. The second kappa shape index (κ2) is 7.24. The van der Waals surface area contributed by atoms with Gasteiger partial charge >= 0.3 is 0 Å². The minimum Gasteiger partial charge on any atom is -0.343 e. The van der Waals surface area contributed by atoms with Gasteiger partial charge < -0.3 is 9.88 Å². The van der Waals surface area contributed by atoms with Crippen LogP contribution in [0.2, 0.25) is 5.15 Å². The van der Waals surface area contributed by atoms with E-state index >= 15 is 0 Å². The number of H-pyrrole nitrogens is 1. The average Bonchev–Trinajstić information content (AvgIpc) is 2.76. The topological polar surface area (TPSA) is 47.2 Å². The fourth-order valence-corrected chi connectivity index (χ4v) is 2.39. The molecule has 0 saturated carbocycles. The van der Waals surface area contributed by atoms with Crippen LogP contribution >= 0.6 is 11.6 Å². The molecule has 6 heteroatoms. The van der Waals surface area contributed by atoms with Crippen molar-refractivity contribution in [3.63, 3.8) is 0 Å². The minimum absolute atomic E-state index is 0.604. The molecule has 2 rings (SSSR count). The molecule has 0 bridgehead atoms. The van der Waals surface area contributed by atoms with Crippen LogP contribution in [0.4, 0.5) is 0 Å². The van der Waals surface area contributed by atoms with Crippen molar-refractivity contribution in [2.45, 2.75) is 32.7 Å². The number of halogens is 1. The Hall–Kier alpha value is -0.620. The van der Waals surface area contributed by atoms with E-state index in [1.54, 1.807) is 0 Å². The second-order valence-corrected chi connectivity index (χ2v) is 5.54. The van der Waals surface area contributed by atoms with Crippen LogP contribution in [0.3, 0.4) is 0 Å².